The van der Waals surface area contributed by atoms with Gasteiger partial charge in [-0.1, -0.05) is 0 Å². The van der Waals surface area contributed by atoms with Gasteiger partial charge in [-0.05, 0) is 13.8 Å². The average Bonchev–Trinajstić information content (AvgIpc) is 1.97. The van der Waals surface area contributed by atoms with Crippen molar-refractivity contribution in [3.8, 4) is 0 Å². The molecule has 5 heteroatoms. The zero-order valence-corrected chi connectivity index (χ0v) is 7.02. The molecule has 3 atom stereocenters. The Kier molecular flexibility index (Phi) is 2.11. The quantitative estimate of drug-likeness (QED) is 0.384. The van der Waals surface area contributed by atoms with Gasteiger partial charge in [0.15, 0.2) is 6.10 Å². The van der Waals surface area contributed by atoms with Gasteiger partial charge < -0.3 is 20.7 Å². The predicted molar refractivity (Wildman–Crippen MR) is 40.2 cm³/mol. The number of cyclic esters (lactones) is 1. The fourth-order valence-electron chi connectivity index (χ4n) is 1.13. The van der Waals surface area contributed by atoms with E-state index >= 15 is 0 Å². The van der Waals surface area contributed by atoms with Crippen LogP contribution >= 0.6 is 0 Å². The number of rotatable bonds is 0. The molecule has 1 aliphatic heterocycles. The molecule has 0 aromatic carbocycles. The van der Waals surface area contributed by atoms with E-state index in [1.54, 1.807) is 13.8 Å². The third-order valence-electron chi connectivity index (χ3n) is 2.10. The van der Waals surface area contributed by atoms with E-state index in [0.717, 1.165) is 0 Å². The van der Waals surface area contributed by atoms with E-state index in [9.17, 15) is 9.90 Å². The van der Waals surface area contributed by atoms with E-state index in [0.29, 0.717) is 0 Å². The first-order valence-corrected chi connectivity index (χ1v) is 3.71. The lowest BCUT2D eigenvalue weighted by Crippen LogP contribution is -2.64. The van der Waals surface area contributed by atoms with Crippen molar-refractivity contribution in [3.05, 3.63) is 0 Å². The van der Waals surface area contributed by atoms with Crippen molar-refractivity contribution in [2.75, 3.05) is 0 Å². The molecule has 1 fully saturated rings. The van der Waals surface area contributed by atoms with Crippen molar-refractivity contribution in [1.82, 2.24) is 0 Å². The van der Waals surface area contributed by atoms with Crippen LogP contribution in [0.4, 0.5) is 0 Å². The summed E-state index contributed by atoms with van der Waals surface area (Å²) in [4.78, 5) is 10.9. The molecule has 0 aromatic rings. The van der Waals surface area contributed by atoms with Crippen LogP contribution in [0.5, 0.6) is 0 Å². The summed E-state index contributed by atoms with van der Waals surface area (Å²) >= 11 is 0. The number of aliphatic hydroxyl groups is 2. The van der Waals surface area contributed by atoms with Crippen LogP contribution in [0.2, 0.25) is 0 Å². The molecule has 1 rings (SSSR count). The molecular formula is C7H13NO4. The van der Waals surface area contributed by atoms with Crippen LogP contribution in [0.3, 0.4) is 0 Å². The maximum absolute atomic E-state index is 10.9. The van der Waals surface area contributed by atoms with Gasteiger partial charge in [0.2, 0.25) is 0 Å². The highest BCUT2D eigenvalue weighted by molar-refractivity contribution is 5.76. The van der Waals surface area contributed by atoms with Crippen LogP contribution in [0.15, 0.2) is 0 Å². The maximum Gasteiger partial charge on any atom is 0.338 e. The van der Waals surface area contributed by atoms with Gasteiger partial charge >= 0.3 is 5.97 Å². The standard InChI is InChI=1S/C7H13NO4/c1-7(2)5(8)3(9)4(10)6(11)12-7/h3-5,9-10H,8H2,1-2H3. The van der Waals surface area contributed by atoms with Crippen molar-refractivity contribution >= 4 is 5.97 Å². The van der Waals surface area contributed by atoms with Gasteiger partial charge in [0.1, 0.15) is 11.7 Å². The monoisotopic (exact) mass is 175 g/mol. The molecule has 70 valence electrons. The summed E-state index contributed by atoms with van der Waals surface area (Å²) in [6.07, 6.45) is -2.77. The third kappa shape index (κ3) is 1.31. The fourth-order valence-corrected chi connectivity index (χ4v) is 1.13. The predicted octanol–water partition coefficient (Wildman–Crippen LogP) is -1.63. The Bertz CT molecular complexity index is 204. The smallest absolute Gasteiger partial charge is 0.338 e. The summed E-state index contributed by atoms with van der Waals surface area (Å²) in [6.45, 7) is 3.18. The van der Waals surface area contributed by atoms with Crippen LogP contribution in [-0.4, -0.2) is 40.0 Å². The number of carbonyl (C=O) groups excluding carboxylic acids is 1. The first kappa shape index (κ1) is 9.44. The van der Waals surface area contributed by atoms with Crippen LogP contribution in [0.25, 0.3) is 0 Å². The molecular weight excluding hydrogens is 162 g/mol. The summed E-state index contributed by atoms with van der Waals surface area (Å²) in [6, 6.07) is -0.759. The van der Waals surface area contributed by atoms with E-state index in [2.05, 4.69) is 0 Å². The lowest BCUT2D eigenvalue weighted by Gasteiger charge is -2.40. The second-order valence-electron chi connectivity index (χ2n) is 3.49. The number of carbonyl (C=O) groups is 1. The van der Waals surface area contributed by atoms with Gasteiger partial charge in [0.25, 0.3) is 0 Å². The molecule has 12 heavy (non-hydrogen) atoms. The molecule has 0 aromatic heterocycles. The molecule has 0 aliphatic carbocycles. The second kappa shape index (κ2) is 2.69. The van der Waals surface area contributed by atoms with Crippen LogP contribution in [0, 0.1) is 0 Å². The Hall–Kier alpha value is -0.650. The number of aliphatic hydroxyl groups excluding tert-OH is 2. The van der Waals surface area contributed by atoms with Crippen molar-refractivity contribution < 1.29 is 19.7 Å². The van der Waals surface area contributed by atoms with Crippen molar-refractivity contribution in [3.63, 3.8) is 0 Å². The Morgan fingerprint density at radius 3 is 2.50 bits per heavy atom. The van der Waals surface area contributed by atoms with Gasteiger partial charge in [-0.15, -0.1) is 0 Å². The summed E-state index contributed by atoms with van der Waals surface area (Å²) < 4.78 is 4.79. The Labute approximate surface area is 70.1 Å². The van der Waals surface area contributed by atoms with E-state index < -0.39 is 29.8 Å². The molecule has 0 bridgehead atoms. The summed E-state index contributed by atoms with van der Waals surface area (Å²) in [7, 11) is 0. The maximum atomic E-state index is 10.9. The number of hydrogen-bond donors (Lipinski definition) is 3. The van der Waals surface area contributed by atoms with E-state index in [1.165, 1.54) is 0 Å². The molecule has 1 heterocycles. The van der Waals surface area contributed by atoms with Crippen LogP contribution in [-0.2, 0) is 9.53 Å². The number of nitrogens with two attached hydrogens (primary N) is 1. The lowest BCUT2D eigenvalue weighted by molar-refractivity contribution is -0.195. The molecule has 0 amide bonds. The van der Waals surface area contributed by atoms with Gasteiger partial charge in [-0.2, -0.15) is 0 Å². The first-order chi connectivity index (χ1) is 5.36. The normalized spacial score (nSPS) is 40.8. The highest BCUT2D eigenvalue weighted by atomic mass is 16.6. The highest BCUT2D eigenvalue weighted by Crippen LogP contribution is 2.24. The first-order valence-electron chi connectivity index (χ1n) is 3.71. The largest absolute Gasteiger partial charge is 0.456 e. The molecule has 1 saturated heterocycles. The Morgan fingerprint density at radius 1 is 1.50 bits per heavy atom. The topological polar surface area (TPSA) is 92.8 Å². The second-order valence-corrected chi connectivity index (χ2v) is 3.49. The lowest BCUT2D eigenvalue weighted by atomic mass is 9.88. The summed E-state index contributed by atoms with van der Waals surface area (Å²) in [5.74, 6) is -0.825. The highest BCUT2D eigenvalue weighted by Gasteiger charge is 2.47. The van der Waals surface area contributed by atoms with Gasteiger partial charge in [-0.3, -0.25) is 0 Å². The van der Waals surface area contributed by atoms with Crippen molar-refractivity contribution in [2.24, 2.45) is 5.73 Å². The van der Waals surface area contributed by atoms with E-state index in [4.69, 9.17) is 15.6 Å². The zero-order valence-electron chi connectivity index (χ0n) is 7.02. The minimum Gasteiger partial charge on any atom is -0.456 e. The molecule has 0 spiro atoms. The van der Waals surface area contributed by atoms with Gasteiger partial charge in [0, 0.05) is 0 Å². The molecule has 0 saturated carbocycles. The van der Waals surface area contributed by atoms with Gasteiger partial charge in [-0.25, -0.2) is 4.79 Å². The Morgan fingerprint density at radius 2 is 2.00 bits per heavy atom. The van der Waals surface area contributed by atoms with E-state index in [-0.39, 0.29) is 0 Å². The molecule has 3 unspecified atom stereocenters. The summed E-state index contributed by atoms with van der Waals surface area (Å²) in [5.41, 5.74) is 4.60. The van der Waals surface area contributed by atoms with Crippen molar-refractivity contribution in [1.29, 1.82) is 0 Å². The number of hydrogen-bond acceptors (Lipinski definition) is 5. The number of ether oxygens (including phenoxy) is 1. The van der Waals surface area contributed by atoms with Gasteiger partial charge in [0.05, 0.1) is 6.04 Å². The SMILES string of the molecule is CC1(C)OC(=O)C(O)C(O)C1N. The van der Waals surface area contributed by atoms with Crippen LogP contribution < -0.4 is 5.73 Å². The molecule has 0 radical (unpaired) electrons. The minimum atomic E-state index is -1.52. The van der Waals surface area contributed by atoms with Crippen LogP contribution in [0.1, 0.15) is 13.8 Å². The molecule has 1 aliphatic rings. The molecule has 5 nitrogen and oxygen atoms in total. The zero-order chi connectivity index (χ0) is 9.52. The fraction of sp³-hybridized carbons (Fsp3) is 0.857. The number of esters is 1. The minimum absolute atomic E-state index is 0.759. The van der Waals surface area contributed by atoms with E-state index in [1.807, 2.05) is 0 Å². The molecule has 4 N–H and O–H groups in total. The summed E-state index contributed by atoms with van der Waals surface area (Å²) in [5, 5.41) is 18.3. The average molecular weight is 175 g/mol. The Balaban J connectivity index is 2.85. The van der Waals surface area contributed by atoms with Crippen molar-refractivity contribution in [2.45, 2.75) is 37.7 Å². The third-order valence-corrected chi connectivity index (χ3v) is 2.10.